The van der Waals surface area contributed by atoms with Crippen LogP contribution in [0.5, 0.6) is 0 Å². The van der Waals surface area contributed by atoms with Gasteiger partial charge in [-0.25, -0.2) is 4.79 Å². The molecule has 46 heavy (non-hydrogen) atoms. The average molecular weight is 656 g/mol. The highest BCUT2D eigenvalue weighted by atomic mass is 35.5. The number of halogens is 4. The van der Waals surface area contributed by atoms with Crippen LogP contribution in [-0.4, -0.2) is 80.9 Å². The van der Waals surface area contributed by atoms with Crippen molar-refractivity contribution in [1.82, 2.24) is 30.6 Å². The molecule has 1 aliphatic heterocycles. The summed E-state index contributed by atoms with van der Waals surface area (Å²) in [5.74, 6) is -1.52. The molecule has 0 saturated carbocycles. The fourth-order valence-corrected chi connectivity index (χ4v) is 4.60. The zero-order valence-corrected chi connectivity index (χ0v) is 25.1. The van der Waals surface area contributed by atoms with Crippen molar-refractivity contribution in [3.63, 3.8) is 0 Å². The molecule has 2 amide bonds. The van der Waals surface area contributed by atoms with Crippen LogP contribution in [0.25, 0.3) is 0 Å². The lowest BCUT2D eigenvalue weighted by Crippen LogP contribution is -2.49. The van der Waals surface area contributed by atoms with Crippen LogP contribution in [0.2, 0.25) is 5.15 Å². The molecular formula is C31H29ClF3N7O4. The molecule has 0 radical (unpaired) electrons. The van der Waals surface area contributed by atoms with Gasteiger partial charge in [-0.1, -0.05) is 54.1 Å². The van der Waals surface area contributed by atoms with E-state index in [-0.39, 0.29) is 41.1 Å². The van der Waals surface area contributed by atoms with Crippen LogP contribution in [0.3, 0.4) is 0 Å². The summed E-state index contributed by atoms with van der Waals surface area (Å²) in [6, 6.07) is 20.8. The number of alkyl halides is 3. The van der Waals surface area contributed by atoms with Gasteiger partial charge in [0, 0.05) is 32.7 Å². The van der Waals surface area contributed by atoms with Gasteiger partial charge in [-0.2, -0.15) is 13.2 Å². The van der Waals surface area contributed by atoms with Gasteiger partial charge in [0.1, 0.15) is 0 Å². The number of piperazine rings is 1. The van der Waals surface area contributed by atoms with E-state index in [1.807, 2.05) is 35.2 Å². The number of carboxylic acids is 1. The molecule has 240 valence electrons. The van der Waals surface area contributed by atoms with Gasteiger partial charge in [0.25, 0.3) is 11.8 Å². The summed E-state index contributed by atoms with van der Waals surface area (Å²) >= 11 is 5.35. The third-order valence-corrected chi connectivity index (χ3v) is 7.06. The minimum atomic E-state index is -4.60. The number of carbonyl (C=O) groups is 3. The lowest BCUT2D eigenvalue weighted by molar-refractivity contribution is -0.138. The Balaban J connectivity index is 0.000000409. The van der Waals surface area contributed by atoms with Gasteiger partial charge in [-0.3, -0.25) is 9.59 Å². The van der Waals surface area contributed by atoms with Gasteiger partial charge in [0.15, 0.2) is 22.4 Å². The predicted molar refractivity (Wildman–Crippen MR) is 163 cm³/mol. The first kappa shape index (κ1) is 33.8. The number of hydrogen-bond acceptors (Lipinski definition) is 8. The van der Waals surface area contributed by atoms with Gasteiger partial charge in [-0.05, 0) is 54.8 Å². The highest BCUT2D eigenvalue weighted by Crippen LogP contribution is 2.32. The Bertz CT molecular complexity index is 1620. The largest absolute Gasteiger partial charge is 0.476 e. The molecule has 2 aromatic carbocycles. The van der Waals surface area contributed by atoms with Crippen molar-refractivity contribution in [2.45, 2.75) is 19.0 Å². The summed E-state index contributed by atoms with van der Waals surface area (Å²) in [5.41, 5.74) is 0.0253. The van der Waals surface area contributed by atoms with E-state index in [4.69, 9.17) is 16.7 Å². The van der Waals surface area contributed by atoms with E-state index in [9.17, 15) is 27.6 Å². The normalized spacial score (nSPS) is 13.0. The Kier molecular flexibility index (Phi) is 11.6. The molecular weight excluding hydrogens is 627 g/mol. The van der Waals surface area contributed by atoms with Crippen LogP contribution in [-0.2, 0) is 12.6 Å². The summed E-state index contributed by atoms with van der Waals surface area (Å²) in [6.07, 6.45) is -2.93. The third-order valence-electron chi connectivity index (χ3n) is 6.86. The van der Waals surface area contributed by atoms with E-state index in [1.54, 1.807) is 12.1 Å². The third kappa shape index (κ3) is 9.44. The lowest BCUT2D eigenvalue weighted by Gasteiger charge is -2.35. The SMILES string of the molecule is O=C(NCCCc1ccccc1)c1ccc(N2CCN(C(=O)c3ccccc3C(F)(F)F)CC2)nn1.O=C(O)c1ccc(Cl)nn1. The standard InChI is InChI=1S/C26H26F3N5O2.C5H3ClN2O2/c27-26(28,29)21-11-5-4-10-20(21)25(36)34-17-15-33(16-18-34)23-13-12-22(31-32-23)24(35)30-14-6-9-19-7-2-1-3-8-19;6-4-2-1-3(5(9)10)7-8-4/h1-5,7-8,10-13H,6,9,14-18H2,(H,30,35);1-2H,(H,9,10). The number of aryl methyl sites for hydroxylation is 1. The van der Waals surface area contributed by atoms with Crippen LogP contribution in [0.15, 0.2) is 78.9 Å². The lowest BCUT2D eigenvalue weighted by atomic mass is 10.1. The minimum Gasteiger partial charge on any atom is -0.476 e. The van der Waals surface area contributed by atoms with E-state index in [0.717, 1.165) is 18.9 Å². The fourth-order valence-electron chi connectivity index (χ4n) is 4.50. The number of rotatable bonds is 8. The van der Waals surface area contributed by atoms with Crippen molar-refractivity contribution in [3.8, 4) is 0 Å². The van der Waals surface area contributed by atoms with Crippen molar-refractivity contribution in [3.05, 3.63) is 112 Å². The van der Waals surface area contributed by atoms with Gasteiger partial charge in [0.2, 0.25) is 0 Å². The van der Waals surface area contributed by atoms with Crippen molar-refractivity contribution >= 4 is 35.2 Å². The predicted octanol–water partition coefficient (Wildman–Crippen LogP) is 4.65. The van der Waals surface area contributed by atoms with E-state index in [0.29, 0.717) is 25.5 Å². The van der Waals surface area contributed by atoms with E-state index < -0.39 is 23.6 Å². The number of amides is 2. The summed E-state index contributed by atoms with van der Waals surface area (Å²) < 4.78 is 39.9. The molecule has 0 atom stereocenters. The number of aromatic carboxylic acids is 1. The molecule has 1 saturated heterocycles. The first-order chi connectivity index (χ1) is 22.0. The second-order valence-electron chi connectivity index (χ2n) is 9.99. The average Bonchev–Trinajstić information content (AvgIpc) is 3.07. The Morgan fingerprint density at radius 2 is 1.46 bits per heavy atom. The van der Waals surface area contributed by atoms with Crippen LogP contribution in [0.1, 0.15) is 48.9 Å². The molecule has 0 bridgehead atoms. The summed E-state index contributed by atoms with van der Waals surface area (Å²) in [4.78, 5) is 38.6. The molecule has 0 unspecified atom stereocenters. The molecule has 1 fully saturated rings. The van der Waals surface area contributed by atoms with Gasteiger partial charge in [-0.15, -0.1) is 20.4 Å². The second kappa shape index (κ2) is 15.8. The summed E-state index contributed by atoms with van der Waals surface area (Å²) in [7, 11) is 0. The number of carbonyl (C=O) groups excluding carboxylic acids is 2. The maximum atomic E-state index is 13.3. The summed E-state index contributed by atoms with van der Waals surface area (Å²) in [5, 5.41) is 26.1. The second-order valence-corrected chi connectivity index (χ2v) is 10.4. The number of carboxylic acid groups (broad SMARTS) is 1. The van der Waals surface area contributed by atoms with Crippen LogP contribution < -0.4 is 10.2 Å². The molecule has 1 aliphatic rings. The molecule has 2 aromatic heterocycles. The fraction of sp³-hybridized carbons (Fsp3) is 0.258. The topological polar surface area (TPSA) is 142 Å². The first-order valence-corrected chi connectivity index (χ1v) is 14.5. The van der Waals surface area contributed by atoms with Crippen LogP contribution in [0, 0.1) is 0 Å². The molecule has 11 nitrogen and oxygen atoms in total. The van der Waals surface area contributed by atoms with Crippen LogP contribution >= 0.6 is 11.6 Å². The maximum Gasteiger partial charge on any atom is 0.417 e. The Morgan fingerprint density at radius 3 is 2.07 bits per heavy atom. The Morgan fingerprint density at radius 1 is 0.804 bits per heavy atom. The number of benzene rings is 2. The van der Waals surface area contributed by atoms with Crippen molar-refractivity contribution < 1.29 is 32.7 Å². The Hall–Kier alpha value is -5.11. The van der Waals surface area contributed by atoms with Crippen LogP contribution in [0.4, 0.5) is 19.0 Å². The summed E-state index contributed by atoms with van der Waals surface area (Å²) in [6.45, 7) is 1.79. The molecule has 4 aromatic rings. The highest BCUT2D eigenvalue weighted by Gasteiger charge is 2.36. The molecule has 0 aliphatic carbocycles. The van der Waals surface area contributed by atoms with E-state index >= 15 is 0 Å². The zero-order valence-electron chi connectivity index (χ0n) is 24.3. The molecule has 5 rings (SSSR count). The number of hydrogen-bond donors (Lipinski definition) is 2. The zero-order chi connectivity index (χ0) is 33.1. The first-order valence-electron chi connectivity index (χ1n) is 14.1. The van der Waals surface area contributed by atoms with Gasteiger partial charge in [0.05, 0.1) is 11.1 Å². The quantitative estimate of drug-likeness (QED) is 0.260. The van der Waals surface area contributed by atoms with Crippen molar-refractivity contribution in [2.75, 3.05) is 37.6 Å². The Labute approximate surface area is 267 Å². The smallest absolute Gasteiger partial charge is 0.417 e. The molecule has 15 heteroatoms. The number of aromatic nitrogens is 4. The monoisotopic (exact) mass is 655 g/mol. The van der Waals surface area contributed by atoms with Gasteiger partial charge < -0.3 is 20.2 Å². The highest BCUT2D eigenvalue weighted by molar-refractivity contribution is 6.29. The van der Waals surface area contributed by atoms with Crippen molar-refractivity contribution in [2.24, 2.45) is 0 Å². The number of nitrogens with one attached hydrogen (secondary N) is 1. The maximum absolute atomic E-state index is 13.3. The molecule has 3 heterocycles. The van der Waals surface area contributed by atoms with E-state index in [2.05, 4.69) is 25.7 Å². The van der Waals surface area contributed by atoms with Gasteiger partial charge >= 0.3 is 12.1 Å². The number of anilines is 1. The minimum absolute atomic E-state index is 0.107. The van der Waals surface area contributed by atoms with Crippen molar-refractivity contribution in [1.29, 1.82) is 0 Å². The number of nitrogens with zero attached hydrogens (tertiary/aromatic N) is 6. The molecule has 0 spiro atoms. The van der Waals surface area contributed by atoms with E-state index in [1.165, 1.54) is 40.8 Å². The molecule has 2 N–H and O–H groups in total.